The molecule has 1 aliphatic rings. The molecule has 2 aromatic carbocycles. The van der Waals surface area contributed by atoms with E-state index in [-0.39, 0.29) is 18.0 Å². The van der Waals surface area contributed by atoms with Crippen LogP contribution in [-0.4, -0.2) is 49.2 Å². The summed E-state index contributed by atoms with van der Waals surface area (Å²) in [6.07, 6.45) is 5.68. The molecule has 184 valence electrons. The molecule has 2 N–H and O–H groups in total. The smallest absolute Gasteiger partial charge is 0.247 e. The van der Waals surface area contributed by atoms with Crippen molar-refractivity contribution in [1.82, 2.24) is 15.3 Å². The Morgan fingerprint density at radius 2 is 1.74 bits per heavy atom. The lowest BCUT2D eigenvalue weighted by molar-refractivity contribution is -0.118. The third-order valence-corrected chi connectivity index (χ3v) is 6.68. The van der Waals surface area contributed by atoms with Gasteiger partial charge in [-0.2, -0.15) is 4.98 Å². The van der Waals surface area contributed by atoms with Crippen LogP contribution < -0.4 is 20.3 Å². The van der Waals surface area contributed by atoms with Crippen molar-refractivity contribution in [3.63, 3.8) is 0 Å². The van der Waals surface area contributed by atoms with Crippen molar-refractivity contribution in [3.8, 4) is 5.75 Å². The molecule has 0 unspecified atom stereocenters. The third-order valence-electron chi connectivity index (χ3n) is 6.68. The Balaban J connectivity index is 1.35. The molecule has 0 aliphatic heterocycles. The first-order chi connectivity index (χ1) is 16.9. The van der Waals surface area contributed by atoms with Gasteiger partial charge in [-0.3, -0.25) is 4.79 Å². The number of benzene rings is 2. The van der Waals surface area contributed by atoms with Gasteiger partial charge in [-0.15, -0.1) is 0 Å². The molecular weight excluding hydrogens is 438 g/mol. The number of nitrogens with zero attached hydrogens (tertiary/aromatic N) is 3. The first-order valence-electron chi connectivity index (χ1n) is 12.2. The lowest BCUT2D eigenvalue weighted by Gasteiger charge is -2.30. The number of anilines is 2. The monoisotopic (exact) mass is 473 g/mol. The van der Waals surface area contributed by atoms with E-state index in [9.17, 15) is 4.79 Å². The van der Waals surface area contributed by atoms with Crippen molar-refractivity contribution < 1.29 is 9.53 Å². The third kappa shape index (κ3) is 5.73. The molecule has 0 saturated heterocycles. The molecule has 1 heterocycles. The summed E-state index contributed by atoms with van der Waals surface area (Å²) in [7, 11) is 5.66. The van der Waals surface area contributed by atoms with Gasteiger partial charge < -0.3 is 20.3 Å². The van der Waals surface area contributed by atoms with Crippen molar-refractivity contribution in [2.24, 2.45) is 0 Å². The average Bonchev–Trinajstić information content (AvgIpc) is 2.85. The molecule has 0 atom stereocenters. The quantitative estimate of drug-likeness (QED) is 0.473. The number of nitrogens with one attached hydrogen (secondary N) is 2. The molecule has 1 aliphatic carbocycles. The average molecular weight is 474 g/mol. The zero-order valence-electron chi connectivity index (χ0n) is 21.3. The fourth-order valence-electron chi connectivity index (χ4n) is 4.64. The first kappa shape index (κ1) is 24.5. The predicted molar refractivity (Wildman–Crippen MR) is 143 cm³/mol. The van der Waals surface area contributed by atoms with Gasteiger partial charge in [0.05, 0.1) is 12.6 Å². The van der Waals surface area contributed by atoms with Crippen LogP contribution in [-0.2, 0) is 4.79 Å². The van der Waals surface area contributed by atoms with Crippen molar-refractivity contribution >= 4 is 34.7 Å². The molecule has 0 spiro atoms. The van der Waals surface area contributed by atoms with E-state index in [2.05, 4.69) is 10.6 Å². The number of hydrogen-bond donors (Lipinski definition) is 2. The summed E-state index contributed by atoms with van der Waals surface area (Å²) >= 11 is 0. The summed E-state index contributed by atoms with van der Waals surface area (Å²) in [6.45, 7) is 3.87. The molecule has 7 heteroatoms. The zero-order valence-corrected chi connectivity index (χ0v) is 21.3. The minimum absolute atomic E-state index is 0.0166. The van der Waals surface area contributed by atoms with Crippen molar-refractivity contribution in [3.05, 3.63) is 59.2 Å². The van der Waals surface area contributed by atoms with Crippen LogP contribution >= 0.6 is 0 Å². The topological polar surface area (TPSA) is 79.4 Å². The highest BCUT2D eigenvalue weighted by Gasteiger charge is 2.24. The van der Waals surface area contributed by atoms with E-state index in [4.69, 9.17) is 14.7 Å². The molecule has 3 aromatic rings. The number of rotatable bonds is 7. The lowest BCUT2D eigenvalue weighted by Crippen LogP contribution is -2.40. The van der Waals surface area contributed by atoms with Gasteiger partial charge in [0.2, 0.25) is 11.9 Å². The number of fused-ring (bicyclic) bond motifs is 1. The lowest BCUT2D eigenvalue weighted by atomic mass is 9.91. The van der Waals surface area contributed by atoms with E-state index in [1.807, 2.05) is 81.4 Å². The zero-order chi connectivity index (χ0) is 24.9. The highest BCUT2D eigenvalue weighted by molar-refractivity contribution is 5.97. The molecule has 7 nitrogen and oxygen atoms in total. The van der Waals surface area contributed by atoms with E-state index in [1.54, 1.807) is 7.11 Å². The van der Waals surface area contributed by atoms with Gasteiger partial charge in [-0.05, 0) is 74.9 Å². The second-order valence-electron chi connectivity index (χ2n) is 9.45. The summed E-state index contributed by atoms with van der Waals surface area (Å²) in [6, 6.07) is 14.4. The van der Waals surface area contributed by atoms with Crippen LogP contribution in [0.3, 0.4) is 0 Å². The number of methoxy groups -OCH3 is 1. The number of hydrogen-bond acceptors (Lipinski definition) is 6. The summed E-state index contributed by atoms with van der Waals surface area (Å²) in [5.74, 6) is 2.38. The Bertz CT molecular complexity index is 1230. The number of carbonyl (C=O) groups is 1. The van der Waals surface area contributed by atoms with E-state index in [1.165, 1.54) is 0 Å². The second kappa shape index (κ2) is 10.8. The minimum atomic E-state index is -0.0166. The van der Waals surface area contributed by atoms with Crippen LogP contribution in [0, 0.1) is 6.92 Å². The largest absolute Gasteiger partial charge is 0.496 e. The Morgan fingerprint density at radius 3 is 2.46 bits per heavy atom. The molecule has 4 rings (SSSR count). The second-order valence-corrected chi connectivity index (χ2v) is 9.45. The van der Waals surface area contributed by atoms with Gasteiger partial charge in [0.1, 0.15) is 11.6 Å². The van der Waals surface area contributed by atoms with Crippen LogP contribution in [0.1, 0.15) is 43.7 Å². The van der Waals surface area contributed by atoms with Crippen LogP contribution in [0.15, 0.2) is 48.0 Å². The Morgan fingerprint density at radius 1 is 1.03 bits per heavy atom. The Hall–Kier alpha value is -3.61. The summed E-state index contributed by atoms with van der Waals surface area (Å²) in [5, 5.41) is 7.79. The van der Waals surface area contributed by atoms with Crippen molar-refractivity contribution in [2.45, 2.75) is 51.6 Å². The SMILES string of the molecule is COc1cccc(/C=C(\C)C(=O)NC2CCC(Nc3nc(N(C)C)c4ccccc4n3)CC2)c1C. The van der Waals surface area contributed by atoms with Gasteiger partial charge in [-0.1, -0.05) is 24.3 Å². The van der Waals surface area contributed by atoms with Gasteiger partial charge in [0.25, 0.3) is 0 Å². The molecule has 1 saturated carbocycles. The number of amides is 1. The first-order valence-corrected chi connectivity index (χ1v) is 12.2. The van der Waals surface area contributed by atoms with E-state index < -0.39 is 0 Å². The predicted octanol–water partition coefficient (Wildman–Crippen LogP) is 4.96. The maximum absolute atomic E-state index is 12.8. The molecule has 1 aromatic heterocycles. The van der Waals surface area contributed by atoms with Gasteiger partial charge in [0.15, 0.2) is 0 Å². The van der Waals surface area contributed by atoms with Crippen LogP contribution in [0.25, 0.3) is 17.0 Å². The minimum Gasteiger partial charge on any atom is -0.496 e. The highest BCUT2D eigenvalue weighted by Crippen LogP contribution is 2.27. The van der Waals surface area contributed by atoms with Crippen LogP contribution in [0.5, 0.6) is 5.75 Å². The molecule has 0 bridgehead atoms. The summed E-state index contributed by atoms with van der Waals surface area (Å²) in [4.78, 5) is 24.3. The number of carbonyl (C=O) groups excluding carboxylic acids is 1. The number of para-hydroxylation sites is 1. The fourth-order valence-corrected chi connectivity index (χ4v) is 4.64. The standard InChI is InChI=1S/C28H35N5O2/c1-18(17-20-9-8-12-25(35-5)19(20)2)27(34)29-21-13-15-22(16-14-21)30-28-31-24-11-7-6-10-23(24)26(32-28)33(3)4/h6-12,17,21-22H,13-16H2,1-5H3,(H,29,34)(H,30,31,32)/b18-17+. The number of ether oxygens (including phenoxy) is 1. The Kier molecular flexibility index (Phi) is 7.54. The molecular formula is C28H35N5O2. The van der Waals surface area contributed by atoms with E-state index >= 15 is 0 Å². The van der Waals surface area contributed by atoms with E-state index in [0.29, 0.717) is 11.5 Å². The highest BCUT2D eigenvalue weighted by atomic mass is 16.5. The Labute approximate surface area is 207 Å². The molecule has 35 heavy (non-hydrogen) atoms. The molecule has 1 fully saturated rings. The van der Waals surface area contributed by atoms with Gasteiger partial charge in [0, 0.05) is 37.1 Å². The van der Waals surface area contributed by atoms with Crippen molar-refractivity contribution in [1.29, 1.82) is 0 Å². The fraction of sp³-hybridized carbons (Fsp3) is 0.393. The summed E-state index contributed by atoms with van der Waals surface area (Å²) in [5.41, 5.74) is 3.66. The van der Waals surface area contributed by atoms with Crippen LogP contribution in [0.2, 0.25) is 0 Å². The maximum atomic E-state index is 12.8. The molecule has 0 radical (unpaired) electrons. The summed E-state index contributed by atoms with van der Waals surface area (Å²) < 4.78 is 5.39. The normalized spacial score (nSPS) is 18.3. The maximum Gasteiger partial charge on any atom is 0.247 e. The molecule has 1 amide bonds. The van der Waals surface area contributed by atoms with E-state index in [0.717, 1.165) is 59.3 Å². The number of aromatic nitrogens is 2. The van der Waals surface area contributed by atoms with Gasteiger partial charge in [-0.25, -0.2) is 4.98 Å². The van der Waals surface area contributed by atoms with Crippen LogP contribution in [0.4, 0.5) is 11.8 Å². The van der Waals surface area contributed by atoms with Crippen molar-refractivity contribution in [2.75, 3.05) is 31.4 Å². The van der Waals surface area contributed by atoms with Gasteiger partial charge >= 0.3 is 0 Å².